The van der Waals surface area contributed by atoms with Gasteiger partial charge in [0.2, 0.25) is 0 Å². The molecule has 0 aliphatic carbocycles. The topological polar surface area (TPSA) is 42.8 Å². The zero-order chi connectivity index (χ0) is 13.8. The normalized spacial score (nSPS) is 27.0. The van der Waals surface area contributed by atoms with Crippen LogP contribution in [0.1, 0.15) is 13.8 Å². The number of morpholine rings is 1. The van der Waals surface area contributed by atoms with Crippen molar-refractivity contribution in [3.05, 3.63) is 30.1 Å². The Morgan fingerprint density at radius 3 is 2.47 bits per heavy atom. The van der Waals surface area contributed by atoms with Crippen molar-refractivity contribution in [2.45, 2.75) is 26.1 Å². The molecule has 3 atom stereocenters. The maximum absolute atomic E-state index is 12.8. The lowest BCUT2D eigenvalue weighted by molar-refractivity contribution is -0.907. The number of hydrogen-bond acceptors (Lipinski definition) is 2. The highest BCUT2D eigenvalue weighted by Crippen LogP contribution is 2.07. The van der Waals surface area contributed by atoms with Crippen LogP contribution < -0.4 is 10.2 Å². The molecule has 0 aromatic heterocycles. The molecule has 19 heavy (non-hydrogen) atoms. The fourth-order valence-electron chi connectivity index (χ4n) is 2.50. The van der Waals surface area contributed by atoms with E-state index in [-0.39, 0.29) is 23.9 Å². The molecule has 4 nitrogen and oxygen atoms in total. The number of hydrogen-bond donors (Lipinski definition) is 2. The number of rotatable bonds is 3. The molecule has 5 heteroatoms. The van der Waals surface area contributed by atoms with Crippen LogP contribution in [-0.2, 0) is 9.53 Å². The van der Waals surface area contributed by atoms with Crippen LogP contribution in [0.3, 0.4) is 0 Å². The number of ether oxygens (including phenoxy) is 1. The molecule has 104 valence electrons. The lowest BCUT2D eigenvalue weighted by Gasteiger charge is -2.31. The number of anilines is 1. The van der Waals surface area contributed by atoms with Crippen LogP contribution in [-0.4, -0.2) is 37.7 Å². The Kier molecular flexibility index (Phi) is 4.50. The van der Waals surface area contributed by atoms with E-state index in [1.807, 2.05) is 13.8 Å². The molecular weight excluding hydrogens is 247 g/mol. The predicted molar refractivity (Wildman–Crippen MR) is 70.6 cm³/mol. The lowest BCUT2D eigenvalue weighted by atomic mass is 10.2. The molecule has 0 spiro atoms. The molecule has 2 rings (SSSR count). The van der Waals surface area contributed by atoms with Crippen molar-refractivity contribution in [3.8, 4) is 0 Å². The zero-order valence-electron chi connectivity index (χ0n) is 11.3. The van der Waals surface area contributed by atoms with Gasteiger partial charge in [-0.15, -0.1) is 0 Å². The van der Waals surface area contributed by atoms with Crippen molar-refractivity contribution in [1.29, 1.82) is 0 Å². The van der Waals surface area contributed by atoms with Crippen LogP contribution in [0.5, 0.6) is 0 Å². The van der Waals surface area contributed by atoms with Gasteiger partial charge in [0.1, 0.15) is 31.1 Å². The first-order chi connectivity index (χ1) is 9.02. The lowest BCUT2D eigenvalue weighted by Crippen LogP contribution is -3.16. The standard InChI is InChI=1S/C14H19FN2O2/c1-10-7-17(8-11(2)19-10)9-14(18)16-13-5-3-12(15)4-6-13/h3-6,10-11H,7-9H2,1-2H3,(H,16,18)/p+1/t10-,11+. The van der Waals surface area contributed by atoms with E-state index in [4.69, 9.17) is 4.74 Å². The predicted octanol–water partition coefficient (Wildman–Crippen LogP) is 0.456. The number of benzene rings is 1. The van der Waals surface area contributed by atoms with E-state index in [1.54, 1.807) is 12.1 Å². The van der Waals surface area contributed by atoms with Crippen molar-refractivity contribution in [3.63, 3.8) is 0 Å². The average molecular weight is 267 g/mol. The van der Waals surface area contributed by atoms with Crippen LogP contribution in [0.15, 0.2) is 24.3 Å². The quantitative estimate of drug-likeness (QED) is 0.835. The number of carbonyl (C=O) groups is 1. The minimum Gasteiger partial charge on any atom is -0.364 e. The van der Waals surface area contributed by atoms with Gasteiger partial charge in [0.15, 0.2) is 6.54 Å². The summed E-state index contributed by atoms with van der Waals surface area (Å²) in [4.78, 5) is 13.1. The molecular formula is C14H20FN2O2+. The summed E-state index contributed by atoms with van der Waals surface area (Å²) >= 11 is 0. The summed E-state index contributed by atoms with van der Waals surface area (Å²) in [6.07, 6.45) is 0.356. The number of carbonyl (C=O) groups excluding carboxylic acids is 1. The molecule has 2 N–H and O–H groups in total. The maximum atomic E-state index is 12.8. The van der Waals surface area contributed by atoms with Gasteiger partial charge in [-0.2, -0.15) is 0 Å². The molecule has 1 aromatic carbocycles. The summed E-state index contributed by atoms with van der Waals surface area (Å²) in [5, 5.41) is 2.78. The highest BCUT2D eigenvalue weighted by atomic mass is 19.1. The van der Waals surface area contributed by atoms with Gasteiger partial charge in [-0.25, -0.2) is 4.39 Å². The summed E-state index contributed by atoms with van der Waals surface area (Å²) in [5.41, 5.74) is 0.625. The SMILES string of the molecule is C[C@@H]1C[NH+](CC(=O)Nc2ccc(F)cc2)C[C@H](C)O1. The highest BCUT2D eigenvalue weighted by Gasteiger charge is 2.27. The first-order valence-corrected chi connectivity index (χ1v) is 6.57. The third-order valence-electron chi connectivity index (χ3n) is 3.16. The van der Waals surface area contributed by atoms with Crippen LogP contribution in [0, 0.1) is 5.82 Å². The number of amides is 1. The number of nitrogens with one attached hydrogen (secondary N) is 2. The molecule has 1 aliphatic heterocycles. The van der Waals surface area contributed by atoms with Crippen LogP contribution in [0.4, 0.5) is 10.1 Å². The van der Waals surface area contributed by atoms with Crippen molar-refractivity contribution in [1.82, 2.24) is 0 Å². The largest absolute Gasteiger partial charge is 0.364 e. The molecule has 0 bridgehead atoms. The molecule has 1 heterocycles. The molecule has 1 unspecified atom stereocenters. The maximum Gasteiger partial charge on any atom is 0.279 e. The molecule has 0 radical (unpaired) electrons. The fraction of sp³-hybridized carbons (Fsp3) is 0.500. The average Bonchev–Trinajstić information content (AvgIpc) is 2.30. The van der Waals surface area contributed by atoms with Gasteiger partial charge in [0, 0.05) is 5.69 Å². The minimum atomic E-state index is -0.306. The molecule has 1 fully saturated rings. The number of halogens is 1. The Morgan fingerprint density at radius 2 is 1.89 bits per heavy atom. The van der Waals surface area contributed by atoms with E-state index in [1.165, 1.54) is 17.0 Å². The zero-order valence-corrected chi connectivity index (χ0v) is 11.3. The first-order valence-electron chi connectivity index (χ1n) is 6.57. The molecule has 1 amide bonds. The second-order valence-corrected chi connectivity index (χ2v) is 5.15. The fourth-order valence-corrected chi connectivity index (χ4v) is 2.50. The van der Waals surface area contributed by atoms with E-state index in [2.05, 4.69) is 5.32 Å². The van der Waals surface area contributed by atoms with Gasteiger partial charge in [0.05, 0.1) is 0 Å². The third-order valence-corrected chi connectivity index (χ3v) is 3.16. The van der Waals surface area contributed by atoms with Crippen LogP contribution >= 0.6 is 0 Å². The highest BCUT2D eigenvalue weighted by molar-refractivity contribution is 5.91. The molecule has 1 saturated heterocycles. The van der Waals surface area contributed by atoms with Gasteiger partial charge in [-0.3, -0.25) is 4.79 Å². The van der Waals surface area contributed by atoms with Gasteiger partial charge in [-0.1, -0.05) is 0 Å². The van der Waals surface area contributed by atoms with Gasteiger partial charge >= 0.3 is 0 Å². The summed E-state index contributed by atoms with van der Waals surface area (Å²) < 4.78 is 18.4. The van der Waals surface area contributed by atoms with Gasteiger partial charge in [0.25, 0.3) is 5.91 Å². The van der Waals surface area contributed by atoms with E-state index in [9.17, 15) is 9.18 Å². The second kappa shape index (κ2) is 6.12. The van der Waals surface area contributed by atoms with E-state index < -0.39 is 0 Å². The second-order valence-electron chi connectivity index (χ2n) is 5.15. The molecule has 0 saturated carbocycles. The Balaban J connectivity index is 1.85. The smallest absolute Gasteiger partial charge is 0.279 e. The van der Waals surface area contributed by atoms with Crippen molar-refractivity contribution < 1.29 is 18.8 Å². The summed E-state index contributed by atoms with van der Waals surface area (Å²) in [7, 11) is 0. The molecule has 1 aromatic rings. The third kappa shape index (κ3) is 4.29. The van der Waals surface area contributed by atoms with Crippen LogP contribution in [0.25, 0.3) is 0 Å². The summed E-state index contributed by atoms with van der Waals surface area (Å²) in [6, 6.07) is 5.79. The minimum absolute atomic E-state index is 0.0529. The Hall–Kier alpha value is -1.46. The van der Waals surface area contributed by atoms with E-state index in [0.29, 0.717) is 12.2 Å². The van der Waals surface area contributed by atoms with Gasteiger partial charge < -0.3 is 15.0 Å². The summed E-state index contributed by atoms with van der Waals surface area (Å²) in [6.45, 7) is 6.12. The number of quaternary nitrogens is 1. The van der Waals surface area contributed by atoms with E-state index >= 15 is 0 Å². The van der Waals surface area contributed by atoms with Gasteiger partial charge in [-0.05, 0) is 38.1 Å². The summed E-state index contributed by atoms with van der Waals surface area (Å²) in [5.74, 6) is -0.359. The van der Waals surface area contributed by atoms with Crippen molar-refractivity contribution >= 4 is 11.6 Å². The van der Waals surface area contributed by atoms with Crippen molar-refractivity contribution in [2.75, 3.05) is 25.0 Å². The molecule has 1 aliphatic rings. The Morgan fingerprint density at radius 1 is 1.32 bits per heavy atom. The monoisotopic (exact) mass is 267 g/mol. The van der Waals surface area contributed by atoms with Crippen LogP contribution in [0.2, 0.25) is 0 Å². The Bertz CT molecular complexity index is 426. The Labute approximate surface area is 112 Å². The van der Waals surface area contributed by atoms with Crippen molar-refractivity contribution in [2.24, 2.45) is 0 Å². The van der Waals surface area contributed by atoms with E-state index in [0.717, 1.165) is 13.1 Å². The first kappa shape index (κ1) is 14.0.